The predicted octanol–water partition coefficient (Wildman–Crippen LogP) is 4.92. The average Bonchev–Trinajstić information content (AvgIpc) is 2.30. The quantitative estimate of drug-likeness (QED) is 0.610. The standard InChI is InChI=1S/C16H22/c1-4-5-11-16(14(2)3)13-12-15-9-7-6-8-10-15/h5-11H,4,12-13H2,1-3H3/b11-5-. The molecule has 0 bridgehead atoms. The van der Waals surface area contributed by atoms with Crippen LogP contribution in [0.1, 0.15) is 39.2 Å². The minimum absolute atomic E-state index is 1.11. The zero-order valence-electron chi connectivity index (χ0n) is 10.7. The monoisotopic (exact) mass is 214 g/mol. The van der Waals surface area contributed by atoms with E-state index < -0.39 is 0 Å². The molecule has 0 atom stereocenters. The van der Waals surface area contributed by atoms with Crippen LogP contribution in [0, 0.1) is 0 Å². The van der Waals surface area contributed by atoms with Crippen molar-refractivity contribution in [3.8, 4) is 0 Å². The Morgan fingerprint density at radius 2 is 1.81 bits per heavy atom. The van der Waals surface area contributed by atoms with Gasteiger partial charge >= 0.3 is 0 Å². The molecule has 0 amide bonds. The molecule has 0 aliphatic heterocycles. The van der Waals surface area contributed by atoms with E-state index in [1.165, 1.54) is 16.7 Å². The molecule has 1 rings (SSSR count). The predicted molar refractivity (Wildman–Crippen MR) is 72.6 cm³/mol. The molecule has 0 saturated heterocycles. The molecule has 0 radical (unpaired) electrons. The van der Waals surface area contributed by atoms with Gasteiger partial charge in [0.05, 0.1) is 0 Å². The van der Waals surface area contributed by atoms with E-state index in [2.05, 4.69) is 63.3 Å². The molecule has 0 nitrogen and oxygen atoms in total. The molecule has 0 spiro atoms. The Balaban J connectivity index is 2.58. The Morgan fingerprint density at radius 1 is 1.12 bits per heavy atom. The Bertz CT molecular complexity index is 351. The molecule has 1 aromatic carbocycles. The summed E-state index contributed by atoms with van der Waals surface area (Å²) < 4.78 is 0. The first-order valence-electron chi connectivity index (χ1n) is 6.11. The van der Waals surface area contributed by atoms with Gasteiger partial charge in [0.15, 0.2) is 0 Å². The SMILES string of the molecule is CC/C=C\C(CCc1ccccc1)=C(C)C. The Hall–Kier alpha value is -1.30. The number of benzene rings is 1. The van der Waals surface area contributed by atoms with Crippen LogP contribution in [0.25, 0.3) is 0 Å². The molecule has 0 N–H and O–H groups in total. The lowest BCUT2D eigenvalue weighted by Crippen LogP contribution is -1.89. The molecule has 0 heterocycles. The van der Waals surface area contributed by atoms with Gasteiger partial charge in [-0.1, -0.05) is 55.0 Å². The summed E-state index contributed by atoms with van der Waals surface area (Å²) in [5.41, 5.74) is 4.33. The number of hydrogen-bond acceptors (Lipinski definition) is 0. The molecule has 0 heteroatoms. The van der Waals surface area contributed by atoms with E-state index >= 15 is 0 Å². The van der Waals surface area contributed by atoms with Gasteiger partial charge in [-0.25, -0.2) is 0 Å². The van der Waals surface area contributed by atoms with Crippen LogP contribution in [-0.4, -0.2) is 0 Å². The third kappa shape index (κ3) is 4.48. The van der Waals surface area contributed by atoms with Gasteiger partial charge in [-0.2, -0.15) is 0 Å². The summed E-state index contributed by atoms with van der Waals surface area (Å²) >= 11 is 0. The molecular formula is C16H22. The molecule has 86 valence electrons. The molecule has 1 aromatic rings. The lowest BCUT2D eigenvalue weighted by atomic mass is 10.0. The van der Waals surface area contributed by atoms with E-state index in [9.17, 15) is 0 Å². The van der Waals surface area contributed by atoms with Crippen molar-refractivity contribution in [2.45, 2.75) is 40.0 Å². The third-order valence-corrected chi connectivity index (χ3v) is 2.72. The van der Waals surface area contributed by atoms with Crippen LogP contribution in [0.15, 0.2) is 53.6 Å². The van der Waals surface area contributed by atoms with Gasteiger partial charge in [-0.15, -0.1) is 0 Å². The normalized spacial score (nSPS) is 10.7. The van der Waals surface area contributed by atoms with Crippen LogP contribution in [0.3, 0.4) is 0 Å². The molecule has 0 aliphatic carbocycles. The van der Waals surface area contributed by atoms with Gasteiger partial charge in [0, 0.05) is 0 Å². The van der Waals surface area contributed by atoms with Crippen LogP contribution < -0.4 is 0 Å². The van der Waals surface area contributed by atoms with Crippen molar-refractivity contribution < 1.29 is 0 Å². The number of rotatable bonds is 5. The van der Waals surface area contributed by atoms with E-state index in [1.807, 2.05) is 0 Å². The highest BCUT2D eigenvalue weighted by molar-refractivity contribution is 5.25. The van der Waals surface area contributed by atoms with Crippen molar-refractivity contribution in [1.29, 1.82) is 0 Å². The van der Waals surface area contributed by atoms with Crippen molar-refractivity contribution >= 4 is 0 Å². The molecule has 16 heavy (non-hydrogen) atoms. The maximum absolute atomic E-state index is 2.28. The van der Waals surface area contributed by atoms with E-state index in [-0.39, 0.29) is 0 Å². The summed E-state index contributed by atoms with van der Waals surface area (Å²) in [6, 6.07) is 10.7. The zero-order chi connectivity index (χ0) is 11.8. The first kappa shape index (κ1) is 12.8. The van der Waals surface area contributed by atoms with E-state index in [4.69, 9.17) is 0 Å². The second-order valence-corrected chi connectivity index (χ2v) is 4.32. The first-order chi connectivity index (χ1) is 7.74. The zero-order valence-corrected chi connectivity index (χ0v) is 10.7. The van der Waals surface area contributed by atoms with Gasteiger partial charge in [0.2, 0.25) is 0 Å². The third-order valence-electron chi connectivity index (χ3n) is 2.72. The summed E-state index contributed by atoms with van der Waals surface area (Å²) in [5.74, 6) is 0. The highest BCUT2D eigenvalue weighted by Gasteiger charge is 1.97. The fraction of sp³-hybridized carbons (Fsp3) is 0.375. The van der Waals surface area contributed by atoms with Gasteiger partial charge < -0.3 is 0 Å². The first-order valence-corrected chi connectivity index (χ1v) is 6.11. The number of allylic oxidation sites excluding steroid dienone is 4. The molecule has 0 unspecified atom stereocenters. The lowest BCUT2D eigenvalue weighted by molar-refractivity contribution is 0.946. The number of aryl methyl sites for hydroxylation is 1. The average molecular weight is 214 g/mol. The van der Waals surface area contributed by atoms with E-state index in [1.54, 1.807) is 0 Å². The van der Waals surface area contributed by atoms with Crippen LogP contribution in [-0.2, 0) is 6.42 Å². The molecule has 0 aromatic heterocycles. The smallest absolute Gasteiger partial charge is 0.0238 e. The minimum Gasteiger partial charge on any atom is -0.0845 e. The molecule has 0 aliphatic rings. The van der Waals surface area contributed by atoms with Gasteiger partial charge in [0.25, 0.3) is 0 Å². The maximum atomic E-state index is 2.28. The Morgan fingerprint density at radius 3 is 2.38 bits per heavy atom. The van der Waals surface area contributed by atoms with E-state index in [0.717, 1.165) is 19.3 Å². The summed E-state index contributed by atoms with van der Waals surface area (Å²) in [5, 5.41) is 0. The Kier molecular flexibility index (Phi) is 5.63. The lowest BCUT2D eigenvalue weighted by Gasteiger charge is -2.05. The van der Waals surface area contributed by atoms with Gasteiger partial charge in [-0.3, -0.25) is 0 Å². The molecule has 0 fully saturated rings. The van der Waals surface area contributed by atoms with E-state index in [0.29, 0.717) is 0 Å². The van der Waals surface area contributed by atoms with Crippen molar-refractivity contribution in [1.82, 2.24) is 0 Å². The fourth-order valence-corrected chi connectivity index (χ4v) is 1.68. The van der Waals surface area contributed by atoms with Crippen LogP contribution in [0.5, 0.6) is 0 Å². The summed E-state index contributed by atoms with van der Waals surface area (Å²) in [6.07, 6.45) is 7.91. The second kappa shape index (κ2) is 7.05. The van der Waals surface area contributed by atoms with Gasteiger partial charge in [-0.05, 0) is 44.2 Å². The summed E-state index contributed by atoms with van der Waals surface area (Å²) in [6.45, 7) is 6.57. The second-order valence-electron chi connectivity index (χ2n) is 4.32. The highest BCUT2D eigenvalue weighted by Crippen LogP contribution is 2.14. The Labute approximate surface area is 99.7 Å². The largest absolute Gasteiger partial charge is 0.0845 e. The number of hydrogen-bond donors (Lipinski definition) is 0. The maximum Gasteiger partial charge on any atom is -0.0238 e. The minimum atomic E-state index is 1.11. The summed E-state index contributed by atoms with van der Waals surface area (Å²) in [7, 11) is 0. The van der Waals surface area contributed by atoms with Crippen LogP contribution in [0.2, 0.25) is 0 Å². The van der Waals surface area contributed by atoms with Crippen molar-refractivity contribution in [3.05, 3.63) is 59.2 Å². The van der Waals surface area contributed by atoms with Crippen LogP contribution in [0.4, 0.5) is 0 Å². The van der Waals surface area contributed by atoms with Crippen molar-refractivity contribution in [2.24, 2.45) is 0 Å². The molecule has 0 saturated carbocycles. The van der Waals surface area contributed by atoms with Crippen molar-refractivity contribution in [3.63, 3.8) is 0 Å². The van der Waals surface area contributed by atoms with Crippen LogP contribution >= 0.6 is 0 Å². The van der Waals surface area contributed by atoms with Crippen molar-refractivity contribution in [2.75, 3.05) is 0 Å². The summed E-state index contributed by atoms with van der Waals surface area (Å²) in [4.78, 5) is 0. The highest BCUT2D eigenvalue weighted by atomic mass is 14.0. The fourth-order valence-electron chi connectivity index (χ4n) is 1.68. The molecular weight excluding hydrogens is 192 g/mol. The van der Waals surface area contributed by atoms with Gasteiger partial charge in [0.1, 0.15) is 0 Å². The topological polar surface area (TPSA) is 0 Å².